The zero-order chi connectivity index (χ0) is 5.98. The first-order chi connectivity index (χ1) is 3.79. The van der Waals surface area contributed by atoms with E-state index >= 15 is 0 Å². The summed E-state index contributed by atoms with van der Waals surface area (Å²) in [6, 6.07) is 0. The van der Waals surface area contributed by atoms with E-state index in [0.29, 0.717) is 0 Å². The van der Waals surface area contributed by atoms with Crippen LogP contribution in [0.4, 0.5) is 4.39 Å². The lowest BCUT2D eigenvalue weighted by atomic mass is 10.6. The molecule has 3 nitrogen and oxygen atoms in total. The van der Waals surface area contributed by atoms with Gasteiger partial charge in [-0.25, -0.2) is 5.12 Å². The minimum atomic E-state index is -0.387. The van der Waals surface area contributed by atoms with E-state index < -0.39 is 0 Å². The van der Waals surface area contributed by atoms with Crippen LogP contribution < -0.4 is 5.43 Å². The molecule has 4 heteroatoms. The lowest BCUT2D eigenvalue weighted by Gasteiger charge is -2.15. The number of halogens is 1. The molecule has 44 valence electrons. The molecule has 0 atom stereocenters. The normalized spacial score (nSPS) is 17.8. The maximum atomic E-state index is 12.1. The van der Waals surface area contributed by atoms with Gasteiger partial charge in [0.15, 0.2) is 0 Å². The van der Waals surface area contributed by atoms with Crippen LogP contribution in [0, 0.1) is 0 Å². The smallest absolute Gasteiger partial charge is 0.208 e. The molecule has 1 aliphatic rings. The van der Waals surface area contributed by atoms with Gasteiger partial charge in [0, 0.05) is 13.1 Å². The molecule has 0 radical (unpaired) electrons. The van der Waals surface area contributed by atoms with Gasteiger partial charge in [-0.2, -0.15) is 9.49 Å². The Bertz CT molecular complexity index is 140. The maximum absolute atomic E-state index is 12.1. The Morgan fingerprint density at radius 3 is 3.00 bits per heavy atom. The lowest BCUT2D eigenvalue weighted by Crippen LogP contribution is -2.29. The first-order valence-electron chi connectivity index (χ1n) is 2.19. The Balaban J connectivity index is 2.59. The van der Waals surface area contributed by atoms with Gasteiger partial charge in [-0.15, -0.1) is 0 Å². The maximum Gasteiger partial charge on any atom is 0.208 e. The van der Waals surface area contributed by atoms with Crippen LogP contribution in [0.25, 0.3) is 0 Å². The summed E-state index contributed by atoms with van der Waals surface area (Å²) in [5.41, 5.74) is 2.31. The molecular formula is C4H6FN3. The van der Waals surface area contributed by atoms with E-state index in [-0.39, 0.29) is 5.95 Å². The molecule has 0 saturated heterocycles. The average Bonchev–Trinajstić information content (AvgIpc) is 1.64. The molecule has 8 heavy (non-hydrogen) atoms. The number of rotatable bonds is 0. The van der Waals surface area contributed by atoms with Crippen LogP contribution in [-0.2, 0) is 0 Å². The third-order valence-corrected chi connectivity index (χ3v) is 0.729. The van der Waals surface area contributed by atoms with E-state index in [1.807, 2.05) is 0 Å². The van der Waals surface area contributed by atoms with Crippen LogP contribution in [-0.4, -0.2) is 18.4 Å². The standard InChI is InChI=1S/C4H6FN3/c1-8-6-3-2-4(5)7-8/h2-3,7H,1H3. The number of hydrazine groups is 1. The fourth-order valence-corrected chi connectivity index (χ4v) is 0.419. The molecule has 0 bridgehead atoms. The van der Waals surface area contributed by atoms with Crippen LogP contribution in [0.2, 0.25) is 0 Å². The van der Waals surface area contributed by atoms with E-state index in [0.717, 1.165) is 0 Å². The SMILES string of the molecule is CN1N=CC=C(F)N1. The molecule has 0 aliphatic carbocycles. The molecule has 0 aromatic heterocycles. The Labute approximate surface area is 46.4 Å². The van der Waals surface area contributed by atoms with Gasteiger partial charge < -0.3 is 0 Å². The van der Waals surface area contributed by atoms with Gasteiger partial charge in [0.1, 0.15) is 0 Å². The summed E-state index contributed by atoms with van der Waals surface area (Å²) >= 11 is 0. The average molecular weight is 115 g/mol. The molecule has 0 spiro atoms. The van der Waals surface area contributed by atoms with Crippen molar-refractivity contribution in [2.45, 2.75) is 0 Å². The highest BCUT2D eigenvalue weighted by Gasteiger charge is 1.97. The molecule has 0 saturated carbocycles. The van der Waals surface area contributed by atoms with Crippen molar-refractivity contribution in [1.82, 2.24) is 10.5 Å². The highest BCUT2D eigenvalue weighted by molar-refractivity contribution is 5.71. The first-order valence-corrected chi connectivity index (χ1v) is 2.19. The summed E-state index contributed by atoms with van der Waals surface area (Å²) in [6.45, 7) is 0. The number of hydrogen-bond acceptors (Lipinski definition) is 3. The molecular weight excluding hydrogens is 109 g/mol. The summed E-state index contributed by atoms with van der Waals surface area (Å²) in [5.74, 6) is -0.387. The van der Waals surface area contributed by atoms with Crippen molar-refractivity contribution >= 4 is 6.21 Å². The molecule has 0 unspecified atom stereocenters. The predicted molar refractivity (Wildman–Crippen MR) is 28.6 cm³/mol. The number of hydrazone groups is 1. The Morgan fingerprint density at radius 2 is 2.62 bits per heavy atom. The van der Waals surface area contributed by atoms with Crippen molar-refractivity contribution < 1.29 is 4.39 Å². The minimum absolute atomic E-state index is 0.387. The van der Waals surface area contributed by atoms with Gasteiger partial charge in [0.2, 0.25) is 5.95 Å². The molecule has 0 aromatic rings. The number of hydrogen-bond donors (Lipinski definition) is 1. The lowest BCUT2D eigenvalue weighted by molar-refractivity contribution is 0.243. The van der Waals surface area contributed by atoms with Gasteiger partial charge in [0.05, 0.1) is 6.21 Å². The molecule has 1 aliphatic heterocycles. The van der Waals surface area contributed by atoms with E-state index in [9.17, 15) is 4.39 Å². The Kier molecular flexibility index (Phi) is 1.15. The first kappa shape index (κ1) is 5.08. The Hall–Kier alpha value is -1.06. The van der Waals surface area contributed by atoms with Gasteiger partial charge in [-0.3, -0.25) is 5.43 Å². The van der Waals surface area contributed by atoms with E-state index in [1.165, 1.54) is 17.4 Å². The second-order valence-electron chi connectivity index (χ2n) is 1.41. The second-order valence-corrected chi connectivity index (χ2v) is 1.41. The minimum Gasteiger partial charge on any atom is -0.258 e. The summed E-state index contributed by atoms with van der Waals surface area (Å²) < 4.78 is 12.1. The van der Waals surface area contributed by atoms with Crippen LogP contribution in [0.1, 0.15) is 0 Å². The molecule has 0 aromatic carbocycles. The van der Waals surface area contributed by atoms with Crippen LogP contribution in [0.15, 0.2) is 17.1 Å². The van der Waals surface area contributed by atoms with Crippen molar-refractivity contribution in [3.8, 4) is 0 Å². The van der Waals surface area contributed by atoms with E-state index in [4.69, 9.17) is 0 Å². The van der Waals surface area contributed by atoms with Crippen molar-refractivity contribution in [2.75, 3.05) is 7.05 Å². The zero-order valence-corrected chi connectivity index (χ0v) is 4.43. The quantitative estimate of drug-likeness (QED) is 0.458. The van der Waals surface area contributed by atoms with Crippen molar-refractivity contribution in [3.05, 3.63) is 12.0 Å². The fourth-order valence-electron chi connectivity index (χ4n) is 0.419. The topological polar surface area (TPSA) is 27.6 Å². The largest absolute Gasteiger partial charge is 0.258 e. The van der Waals surface area contributed by atoms with Crippen LogP contribution in [0.3, 0.4) is 0 Å². The molecule has 1 rings (SSSR count). The summed E-state index contributed by atoms with van der Waals surface area (Å²) in [5, 5.41) is 4.95. The second kappa shape index (κ2) is 1.81. The number of allylic oxidation sites excluding steroid dienone is 1. The fraction of sp³-hybridized carbons (Fsp3) is 0.250. The highest BCUT2D eigenvalue weighted by atomic mass is 19.1. The Morgan fingerprint density at radius 1 is 1.88 bits per heavy atom. The van der Waals surface area contributed by atoms with Gasteiger partial charge in [0.25, 0.3) is 0 Å². The summed E-state index contributed by atoms with van der Waals surface area (Å²) in [7, 11) is 1.61. The predicted octanol–water partition coefficient (Wildman–Crippen LogP) is 0.233. The van der Waals surface area contributed by atoms with Crippen molar-refractivity contribution in [1.29, 1.82) is 0 Å². The number of nitrogens with one attached hydrogen (secondary N) is 1. The monoisotopic (exact) mass is 115 g/mol. The zero-order valence-electron chi connectivity index (χ0n) is 4.43. The van der Waals surface area contributed by atoms with Crippen molar-refractivity contribution in [2.24, 2.45) is 5.10 Å². The van der Waals surface area contributed by atoms with E-state index in [1.54, 1.807) is 7.05 Å². The molecule has 1 N–H and O–H groups in total. The molecule has 0 fully saturated rings. The summed E-state index contributed by atoms with van der Waals surface area (Å²) in [6.07, 6.45) is 2.63. The van der Waals surface area contributed by atoms with E-state index in [2.05, 4.69) is 10.5 Å². The highest BCUT2D eigenvalue weighted by Crippen LogP contribution is 1.94. The van der Waals surface area contributed by atoms with Crippen LogP contribution >= 0.6 is 0 Å². The van der Waals surface area contributed by atoms with Gasteiger partial charge >= 0.3 is 0 Å². The third kappa shape index (κ3) is 0.959. The van der Waals surface area contributed by atoms with Crippen molar-refractivity contribution in [3.63, 3.8) is 0 Å². The van der Waals surface area contributed by atoms with Crippen LogP contribution in [0.5, 0.6) is 0 Å². The van der Waals surface area contributed by atoms with Gasteiger partial charge in [-0.05, 0) is 0 Å². The van der Waals surface area contributed by atoms with Gasteiger partial charge in [-0.1, -0.05) is 0 Å². The molecule has 1 heterocycles. The third-order valence-electron chi connectivity index (χ3n) is 0.729. The molecule has 0 amide bonds. The summed E-state index contributed by atoms with van der Waals surface area (Å²) in [4.78, 5) is 0. The number of nitrogens with zero attached hydrogens (tertiary/aromatic N) is 2.